The molecule has 1 aromatic carbocycles. The second-order valence-corrected chi connectivity index (χ2v) is 10.8. The Labute approximate surface area is 221 Å². The minimum atomic E-state index is -0.821. The molecule has 0 radical (unpaired) electrons. The average molecular weight is 520 g/mol. The molecule has 202 valence electrons. The number of thioether (sulfide) groups is 1. The van der Waals surface area contributed by atoms with E-state index >= 15 is 0 Å². The number of nitrogens with one attached hydrogen (secondary N) is 2. The molecule has 0 bridgehead atoms. The number of unbranched alkanes of at least 4 members (excludes halogenated alkanes) is 2. The second-order valence-electron chi connectivity index (χ2n) is 9.79. The third-order valence-corrected chi connectivity index (χ3v) is 6.13. The van der Waals surface area contributed by atoms with E-state index in [1.807, 2.05) is 37.4 Å². The fourth-order valence-corrected chi connectivity index (χ4v) is 4.12. The van der Waals surface area contributed by atoms with Crippen LogP contribution in [0.5, 0.6) is 0 Å². The number of nitrogens with zero attached hydrogens (tertiary/aromatic N) is 1. The van der Waals surface area contributed by atoms with Gasteiger partial charge in [0.05, 0.1) is 0 Å². The van der Waals surface area contributed by atoms with Crippen LogP contribution >= 0.6 is 11.8 Å². The monoisotopic (exact) mass is 519 g/mol. The number of hydrogen-bond acceptors (Lipinski definition) is 5. The smallest absolute Gasteiger partial charge is 0.408 e. The van der Waals surface area contributed by atoms with Crippen molar-refractivity contribution in [2.24, 2.45) is 0 Å². The van der Waals surface area contributed by atoms with Gasteiger partial charge in [-0.3, -0.25) is 9.59 Å². The Morgan fingerprint density at radius 2 is 1.86 bits per heavy atom. The van der Waals surface area contributed by atoms with Crippen molar-refractivity contribution >= 4 is 35.7 Å². The van der Waals surface area contributed by atoms with Gasteiger partial charge in [0.2, 0.25) is 11.8 Å². The summed E-state index contributed by atoms with van der Waals surface area (Å²) in [5.74, 6) is 0.158. The molecular weight excluding hydrogens is 474 g/mol. The Balaban J connectivity index is 3.43. The molecule has 7 nitrogen and oxygen atoms in total. The molecule has 2 N–H and O–H groups in total. The molecule has 2 unspecified atom stereocenters. The summed E-state index contributed by atoms with van der Waals surface area (Å²) in [6.45, 7) is 14.2. The van der Waals surface area contributed by atoms with Gasteiger partial charge in [-0.25, -0.2) is 4.79 Å². The average Bonchev–Trinajstić information content (AvgIpc) is 2.82. The third-order valence-electron chi connectivity index (χ3n) is 5.49. The van der Waals surface area contributed by atoms with Crippen molar-refractivity contribution in [1.82, 2.24) is 15.5 Å². The molecule has 0 fully saturated rings. The fraction of sp³-hybridized carbons (Fsp3) is 0.607. The highest BCUT2D eigenvalue weighted by Crippen LogP contribution is 2.25. The highest BCUT2D eigenvalue weighted by atomic mass is 32.2. The van der Waals surface area contributed by atoms with Crippen LogP contribution in [-0.4, -0.2) is 59.5 Å². The van der Waals surface area contributed by atoms with Crippen LogP contribution in [0.3, 0.4) is 0 Å². The zero-order chi connectivity index (χ0) is 27.1. The van der Waals surface area contributed by atoms with Crippen molar-refractivity contribution in [2.45, 2.75) is 84.4 Å². The Morgan fingerprint density at radius 3 is 2.44 bits per heavy atom. The lowest BCUT2D eigenvalue weighted by molar-refractivity contribution is -0.142. The lowest BCUT2D eigenvalue weighted by Crippen LogP contribution is -2.53. The van der Waals surface area contributed by atoms with E-state index in [9.17, 15) is 14.4 Å². The number of carbonyl (C=O) groups is 3. The number of ether oxygens (including phenoxy) is 1. The van der Waals surface area contributed by atoms with E-state index in [-0.39, 0.29) is 11.8 Å². The first-order chi connectivity index (χ1) is 17.1. The van der Waals surface area contributed by atoms with Crippen LogP contribution in [-0.2, 0) is 14.3 Å². The number of amides is 3. The molecule has 0 spiro atoms. The van der Waals surface area contributed by atoms with Gasteiger partial charge in [-0.15, -0.1) is 0 Å². The number of hydrogen-bond donors (Lipinski definition) is 2. The van der Waals surface area contributed by atoms with Crippen LogP contribution in [0.2, 0.25) is 0 Å². The topological polar surface area (TPSA) is 87.7 Å². The van der Waals surface area contributed by atoms with Crippen molar-refractivity contribution < 1.29 is 19.1 Å². The molecule has 0 aliphatic heterocycles. The van der Waals surface area contributed by atoms with E-state index in [4.69, 9.17) is 4.74 Å². The molecule has 1 aromatic rings. The van der Waals surface area contributed by atoms with Gasteiger partial charge in [0.25, 0.3) is 0 Å². The normalized spacial score (nSPS) is 12.8. The maximum Gasteiger partial charge on any atom is 0.408 e. The molecule has 3 amide bonds. The molecule has 8 heteroatoms. The molecule has 0 aromatic heterocycles. The van der Waals surface area contributed by atoms with E-state index in [0.29, 0.717) is 30.8 Å². The zero-order valence-electron chi connectivity index (χ0n) is 22.9. The standard InChI is InChI=1S/C28H45N3O4S/c1-8-11-17-29-25(32)24(22-15-13-14-21(10-3)20-22)31(18-12-9-2)26(33)23(16-19-36-7)30-27(34)35-28(4,5)6/h10,13-15,20,23-24H,3,8-9,11-12,16-19H2,1-2,4-7H3,(H,29,32)(H,30,34). The lowest BCUT2D eigenvalue weighted by atomic mass is 9.99. The Morgan fingerprint density at radius 1 is 1.17 bits per heavy atom. The highest BCUT2D eigenvalue weighted by Gasteiger charge is 2.35. The Hall–Kier alpha value is -2.48. The van der Waals surface area contributed by atoms with Crippen molar-refractivity contribution in [3.8, 4) is 0 Å². The van der Waals surface area contributed by atoms with Gasteiger partial charge in [0.15, 0.2) is 0 Å². The highest BCUT2D eigenvalue weighted by molar-refractivity contribution is 7.98. The zero-order valence-corrected chi connectivity index (χ0v) is 23.7. The maximum atomic E-state index is 14.0. The first-order valence-electron chi connectivity index (χ1n) is 12.9. The number of benzene rings is 1. The van der Waals surface area contributed by atoms with Crippen LogP contribution in [0.25, 0.3) is 6.08 Å². The van der Waals surface area contributed by atoms with Crippen molar-refractivity contribution in [1.29, 1.82) is 0 Å². The SMILES string of the molecule is C=Cc1cccc(C(C(=O)NCCCC)N(CCCC)C(=O)C(CCSC)NC(=O)OC(C)(C)C)c1. The van der Waals surface area contributed by atoms with E-state index in [1.54, 1.807) is 43.5 Å². The number of alkyl carbamates (subject to hydrolysis) is 1. The summed E-state index contributed by atoms with van der Waals surface area (Å²) >= 11 is 1.59. The first kappa shape index (κ1) is 31.5. The van der Waals surface area contributed by atoms with Crippen molar-refractivity contribution in [3.63, 3.8) is 0 Å². The van der Waals surface area contributed by atoms with Crippen LogP contribution in [0, 0.1) is 0 Å². The fourth-order valence-electron chi connectivity index (χ4n) is 3.65. The quantitative estimate of drug-likeness (QED) is 0.296. The second kappa shape index (κ2) is 16.3. The summed E-state index contributed by atoms with van der Waals surface area (Å²) in [6.07, 6.45) is 6.85. The minimum Gasteiger partial charge on any atom is -0.444 e. The van der Waals surface area contributed by atoms with Gasteiger partial charge in [-0.2, -0.15) is 11.8 Å². The van der Waals surface area contributed by atoms with E-state index in [0.717, 1.165) is 31.2 Å². The molecular formula is C28H45N3O4S. The van der Waals surface area contributed by atoms with Crippen LogP contribution in [0.4, 0.5) is 4.79 Å². The summed E-state index contributed by atoms with van der Waals surface area (Å²) in [5, 5.41) is 5.78. The third kappa shape index (κ3) is 11.1. The first-order valence-corrected chi connectivity index (χ1v) is 14.3. The molecule has 1 rings (SSSR count). The minimum absolute atomic E-state index is 0.227. The Bertz CT molecular complexity index is 853. The van der Waals surface area contributed by atoms with Crippen molar-refractivity contribution in [2.75, 3.05) is 25.1 Å². The Kier molecular flexibility index (Phi) is 14.3. The molecule has 0 saturated heterocycles. The van der Waals surface area contributed by atoms with E-state index in [1.165, 1.54) is 0 Å². The van der Waals surface area contributed by atoms with Gasteiger partial charge in [-0.05, 0) is 69.2 Å². The van der Waals surface area contributed by atoms with Crippen LogP contribution in [0.15, 0.2) is 30.8 Å². The van der Waals surface area contributed by atoms with Gasteiger partial charge >= 0.3 is 6.09 Å². The lowest BCUT2D eigenvalue weighted by Gasteiger charge is -2.34. The van der Waals surface area contributed by atoms with Gasteiger partial charge in [0, 0.05) is 13.1 Å². The molecule has 2 atom stereocenters. The number of rotatable bonds is 15. The predicted molar refractivity (Wildman–Crippen MR) is 150 cm³/mol. The molecule has 36 heavy (non-hydrogen) atoms. The molecule has 0 aliphatic rings. The summed E-state index contributed by atoms with van der Waals surface area (Å²) in [4.78, 5) is 41.8. The number of carbonyl (C=O) groups excluding carboxylic acids is 3. The summed E-state index contributed by atoms with van der Waals surface area (Å²) in [6, 6.07) is 5.90. The molecule has 0 heterocycles. The maximum absolute atomic E-state index is 14.0. The predicted octanol–water partition coefficient (Wildman–Crippen LogP) is 5.56. The van der Waals surface area contributed by atoms with Gasteiger partial charge in [-0.1, -0.05) is 57.5 Å². The van der Waals surface area contributed by atoms with Crippen LogP contribution < -0.4 is 10.6 Å². The molecule has 0 saturated carbocycles. The van der Waals surface area contributed by atoms with Crippen LogP contribution in [0.1, 0.15) is 83.9 Å². The van der Waals surface area contributed by atoms with Gasteiger partial charge in [0.1, 0.15) is 17.7 Å². The van der Waals surface area contributed by atoms with E-state index in [2.05, 4.69) is 24.1 Å². The molecule has 0 aliphatic carbocycles. The van der Waals surface area contributed by atoms with Gasteiger partial charge < -0.3 is 20.3 Å². The summed E-state index contributed by atoms with van der Waals surface area (Å²) < 4.78 is 5.43. The van der Waals surface area contributed by atoms with Crippen molar-refractivity contribution in [3.05, 3.63) is 42.0 Å². The summed E-state index contributed by atoms with van der Waals surface area (Å²) in [7, 11) is 0. The van der Waals surface area contributed by atoms with E-state index < -0.39 is 23.8 Å². The largest absolute Gasteiger partial charge is 0.444 e. The summed E-state index contributed by atoms with van der Waals surface area (Å²) in [5.41, 5.74) is 0.894.